The summed E-state index contributed by atoms with van der Waals surface area (Å²) < 4.78 is 2.28. The van der Waals surface area contributed by atoms with Crippen LogP contribution in [0.25, 0.3) is 10.9 Å². The van der Waals surface area contributed by atoms with Crippen molar-refractivity contribution >= 4 is 34.1 Å². The van der Waals surface area contributed by atoms with Crippen molar-refractivity contribution in [1.82, 2.24) is 14.9 Å². The molecule has 5 rings (SSSR count). The summed E-state index contributed by atoms with van der Waals surface area (Å²) in [5.74, 6) is 2.92. The van der Waals surface area contributed by atoms with Crippen molar-refractivity contribution in [1.29, 1.82) is 0 Å². The van der Waals surface area contributed by atoms with Crippen LogP contribution in [0.4, 0.5) is 5.69 Å². The highest BCUT2D eigenvalue weighted by Crippen LogP contribution is 2.47. The third kappa shape index (κ3) is 3.31. The molecule has 2 aliphatic heterocycles. The number of carbonyl (C=O) groups excluding carboxylic acids is 1. The number of aryl methyl sites for hydroxylation is 1. The van der Waals surface area contributed by atoms with E-state index in [2.05, 4.69) is 26.9 Å². The van der Waals surface area contributed by atoms with Gasteiger partial charge in [0.1, 0.15) is 0 Å². The number of halogens is 1. The van der Waals surface area contributed by atoms with Crippen LogP contribution in [0, 0.1) is 12.3 Å². The smallest absolute Gasteiger partial charge is 0.238 e. The van der Waals surface area contributed by atoms with Crippen LogP contribution in [0.3, 0.4) is 0 Å². The van der Waals surface area contributed by atoms with Gasteiger partial charge in [0.2, 0.25) is 5.91 Å². The van der Waals surface area contributed by atoms with Crippen molar-refractivity contribution in [3.8, 4) is 12.3 Å². The number of rotatable bonds is 5. The van der Waals surface area contributed by atoms with E-state index >= 15 is 0 Å². The SMILES string of the molecule is C#CCCCn1c(CN2C(=O)C3(CCNCC3)c3ccncc32)cc2cc(Cl)ccc21. The van der Waals surface area contributed by atoms with E-state index < -0.39 is 5.41 Å². The Kier molecular flexibility index (Phi) is 5.21. The molecule has 2 aromatic heterocycles. The van der Waals surface area contributed by atoms with Gasteiger partial charge >= 0.3 is 0 Å². The van der Waals surface area contributed by atoms with Crippen LogP contribution >= 0.6 is 11.6 Å². The van der Waals surface area contributed by atoms with Gasteiger partial charge in [0, 0.05) is 40.8 Å². The lowest BCUT2D eigenvalue weighted by Gasteiger charge is -2.33. The molecule has 1 spiro atoms. The van der Waals surface area contributed by atoms with Crippen molar-refractivity contribution in [2.75, 3.05) is 18.0 Å². The number of aromatic nitrogens is 2. The van der Waals surface area contributed by atoms with Crippen molar-refractivity contribution in [3.05, 3.63) is 59.0 Å². The Hall–Kier alpha value is -2.81. The Morgan fingerprint density at radius 2 is 2.06 bits per heavy atom. The zero-order valence-electron chi connectivity index (χ0n) is 17.4. The van der Waals surface area contributed by atoms with Crippen LogP contribution in [0.1, 0.15) is 36.9 Å². The number of pyridine rings is 1. The zero-order chi connectivity index (χ0) is 21.4. The van der Waals surface area contributed by atoms with Gasteiger partial charge in [-0.15, -0.1) is 12.3 Å². The molecule has 158 valence electrons. The molecule has 1 amide bonds. The minimum Gasteiger partial charge on any atom is -0.343 e. The van der Waals surface area contributed by atoms with Crippen molar-refractivity contribution in [3.63, 3.8) is 0 Å². The van der Waals surface area contributed by atoms with E-state index in [1.54, 1.807) is 6.20 Å². The number of terminal acetylenes is 1. The maximum absolute atomic E-state index is 13.8. The highest BCUT2D eigenvalue weighted by Gasteiger charge is 2.51. The molecule has 0 atom stereocenters. The van der Waals surface area contributed by atoms with Gasteiger partial charge in [-0.1, -0.05) is 11.6 Å². The van der Waals surface area contributed by atoms with Gasteiger partial charge in [-0.3, -0.25) is 9.78 Å². The molecule has 0 saturated carbocycles. The normalized spacial score (nSPS) is 17.3. The number of benzene rings is 1. The summed E-state index contributed by atoms with van der Waals surface area (Å²) in [5.41, 5.74) is 3.82. The number of nitrogens with one attached hydrogen (secondary N) is 1. The molecule has 0 aliphatic carbocycles. The lowest BCUT2D eigenvalue weighted by Crippen LogP contribution is -2.47. The van der Waals surface area contributed by atoms with Crippen LogP contribution in [0.15, 0.2) is 42.7 Å². The monoisotopic (exact) mass is 432 g/mol. The van der Waals surface area contributed by atoms with Crippen LogP contribution in [-0.4, -0.2) is 28.5 Å². The summed E-state index contributed by atoms with van der Waals surface area (Å²) in [7, 11) is 0. The molecule has 1 N–H and O–H groups in total. The fourth-order valence-electron chi connectivity index (χ4n) is 5.18. The van der Waals surface area contributed by atoms with Crippen LogP contribution < -0.4 is 10.2 Å². The zero-order valence-corrected chi connectivity index (χ0v) is 18.2. The maximum Gasteiger partial charge on any atom is 0.238 e. The van der Waals surface area contributed by atoms with E-state index in [0.717, 1.165) is 73.2 Å². The molecule has 4 heterocycles. The predicted molar refractivity (Wildman–Crippen MR) is 124 cm³/mol. The van der Waals surface area contributed by atoms with E-state index in [9.17, 15) is 4.79 Å². The van der Waals surface area contributed by atoms with E-state index in [1.165, 1.54) is 0 Å². The minimum atomic E-state index is -0.437. The van der Waals surface area contributed by atoms with Crippen molar-refractivity contribution in [2.45, 2.75) is 44.2 Å². The third-order valence-corrected chi connectivity index (χ3v) is 6.93. The average molecular weight is 433 g/mol. The second kappa shape index (κ2) is 8.03. The molecule has 31 heavy (non-hydrogen) atoms. The molecule has 2 aliphatic rings. The van der Waals surface area contributed by atoms with Crippen molar-refractivity contribution in [2.24, 2.45) is 0 Å². The molecule has 3 aromatic rings. The second-order valence-corrected chi connectivity index (χ2v) is 8.85. The van der Waals surface area contributed by atoms with Gasteiger partial charge < -0.3 is 14.8 Å². The van der Waals surface area contributed by atoms with Crippen LogP contribution in [0.2, 0.25) is 5.02 Å². The molecular weight excluding hydrogens is 408 g/mol. The Labute approximate surface area is 187 Å². The first-order chi connectivity index (χ1) is 15.1. The summed E-state index contributed by atoms with van der Waals surface area (Å²) in [6, 6.07) is 10.1. The number of carbonyl (C=O) groups is 1. The average Bonchev–Trinajstić information content (AvgIpc) is 3.23. The Morgan fingerprint density at radius 3 is 2.87 bits per heavy atom. The Balaban J connectivity index is 1.56. The third-order valence-electron chi connectivity index (χ3n) is 6.69. The molecule has 5 nitrogen and oxygen atoms in total. The fraction of sp³-hybridized carbons (Fsp3) is 0.360. The van der Waals surface area contributed by atoms with Crippen LogP contribution in [0.5, 0.6) is 0 Å². The molecule has 0 bridgehead atoms. The number of nitrogens with zero attached hydrogens (tertiary/aromatic N) is 3. The fourth-order valence-corrected chi connectivity index (χ4v) is 5.36. The van der Waals surface area contributed by atoms with E-state index in [-0.39, 0.29) is 5.91 Å². The summed E-state index contributed by atoms with van der Waals surface area (Å²) in [5, 5.41) is 5.18. The largest absolute Gasteiger partial charge is 0.343 e. The van der Waals surface area contributed by atoms with Gasteiger partial charge in [-0.05, 0) is 68.2 Å². The quantitative estimate of drug-likeness (QED) is 0.484. The number of amides is 1. The molecule has 6 heteroatoms. The summed E-state index contributed by atoms with van der Waals surface area (Å²) in [6.45, 7) is 3.02. The number of hydrogen-bond donors (Lipinski definition) is 1. The second-order valence-electron chi connectivity index (χ2n) is 8.41. The lowest BCUT2D eigenvalue weighted by molar-refractivity contribution is -0.124. The topological polar surface area (TPSA) is 50.2 Å². The number of unbranched alkanes of at least 4 members (excludes halogenated alkanes) is 1. The number of anilines is 1. The summed E-state index contributed by atoms with van der Waals surface area (Å²) >= 11 is 6.25. The Bertz CT molecular complexity index is 1190. The lowest BCUT2D eigenvalue weighted by atomic mass is 9.74. The van der Waals surface area contributed by atoms with Crippen LogP contribution in [-0.2, 0) is 23.3 Å². The number of hydrogen-bond acceptors (Lipinski definition) is 3. The summed E-state index contributed by atoms with van der Waals surface area (Å²) in [4.78, 5) is 20.1. The highest BCUT2D eigenvalue weighted by atomic mass is 35.5. The van der Waals surface area contributed by atoms with E-state index in [1.807, 2.05) is 35.4 Å². The first-order valence-corrected chi connectivity index (χ1v) is 11.2. The van der Waals surface area contributed by atoms with E-state index in [0.29, 0.717) is 11.6 Å². The van der Waals surface area contributed by atoms with Gasteiger partial charge in [0.15, 0.2) is 0 Å². The molecular formula is C25H25ClN4O. The molecule has 1 fully saturated rings. The standard InChI is InChI=1S/C25H25ClN4O/c1-2-3-4-13-29-20(15-18-14-19(26)5-6-22(18)29)17-30-23-16-28-10-7-21(23)25(24(30)31)8-11-27-12-9-25/h1,5-7,10,14-16,27H,3-4,8-9,11-13,17H2. The molecule has 0 radical (unpaired) electrons. The molecule has 0 unspecified atom stereocenters. The number of fused-ring (bicyclic) bond motifs is 3. The molecule has 1 saturated heterocycles. The first-order valence-electron chi connectivity index (χ1n) is 10.8. The Morgan fingerprint density at radius 1 is 1.23 bits per heavy atom. The van der Waals surface area contributed by atoms with Gasteiger partial charge in [0.25, 0.3) is 0 Å². The highest BCUT2D eigenvalue weighted by molar-refractivity contribution is 6.31. The van der Waals surface area contributed by atoms with Gasteiger partial charge in [-0.25, -0.2) is 0 Å². The molecule has 1 aromatic carbocycles. The first kappa shape index (κ1) is 20.1. The number of piperidine rings is 1. The van der Waals surface area contributed by atoms with Crippen molar-refractivity contribution < 1.29 is 4.79 Å². The van der Waals surface area contributed by atoms with Gasteiger partial charge in [-0.2, -0.15) is 0 Å². The predicted octanol–water partition coefficient (Wildman–Crippen LogP) is 4.27. The van der Waals surface area contributed by atoms with Gasteiger partial charge in [0.05, 0.1) is 23.8 Å². The van der Waals surface area contributed by atoms with E-state index in [4.69, 9.17) is 18.0 Å². The minimum absolute atomic E-state index is 0.190. The maximum atomic E-state index is 13.8. The summed E-state index contributed by atoms with van der Waals surface area (Å²) in [6.07, 6.45) is 12.4.